The van der Waals surface area contributed by atoms with Crippen LogP contribution in [0.5, 0.6) is 5.75 Å². The van der Waals surface area contributed by atoms with Crippen molar-refractivity contribution >= 4 is 6.09 Å². The number of ether oxygens (including phenoxy) is 1. The van der Waals surface area contributed by atoms with Gasteiger partial charge in [-0.3, -0.25) is 0 Å². The van der Waals surface area contributed by atoms with Gasteiger partial charge in [0.1, 0.15) is 0 Å². The SMILES string of the molecule is CC(C)c1ccc(F)c(OC(N)=O)c1. The molecule has 0 heterocycles. The molecular weight excluding hydrogens is 185 g/mol. The van der Waals surface area contributed by atoms with Gasteiger partial charge in [-0.25, -0.2) is 9.18 Å². The minimum absolute atomic E-state index is 0.122. The quantitative estimate of drug-likeness (QED) is 0.791. The highest BCUT2D eigenvalue weighted by atomic mass is 19.1. The zero-order valence-electron chi connectivity index (χ0n) is 8.08. The van der Waals surface area contributed by atoms with Crippen molar-refractivity contribution in [2.45, 2.75) is 19.8 Å². The zero-order chi connectivity index (χ0) is 10.7. The van der Waals surface area contributed by atoms with Crippen molar-refractivity contribution in [2.24, 2.45) is 5.73 Å². The topological polar surface area (TPSA) is 52.3 Å². The Hall–Kier alpha value is -1.58. The summed E-state index contributed by atoms with van der Waals surface area (Å²) in [6.07, 6.45) is -1.01. The molecule has 0 aliphatic heterocycles. The van der Waals surface area contributed by atoms with Crippen LogP contribution in [0.1, 0.15) is 25.3 Å². The normalized spacial score (nSPS) is 10.3. The van der Waals surface area contributed by atoms with Gasteiger partial charge in [0.05, 0.1) is 0 Å². The molecule has 1 aromatic rings. The number of nitrogens with two attached hydrogens (primary N) is 1. The molecule has 2 N–H and O–H groups in total. The molecule has 0 aromatic heterocycles. The molecule has 4 heteroatoms. The third kappa shape index (κ3) is 2.45. The number of halogens is 1. The Labute approximate surface area is 81.7 Å². The van der Waals surface area contributed by atoms with Crippen LogP contribution in [0.2, 0.25) is 0 Å². The van der Waals surface area contributed by atoms with E-state index in [4.69, 9.17) is 5.73 Å². The molecule has 1 rings (SSSR count). The fourth-order valence-electron chi connectivity index (χ4n) is 1.07. The van der Waals surface area contributed by atoms with E-state index >= 15 is 0 Å². The number of hydrogen-bond donors (Lipinski definition) is 1. The van der Waals surface area contributed by atoms with Crippen LogP contribution in [0.25, 0.3) is 0 Å². The monoisotopic (exact) mass is 197 g/mol. The number of carbonyl (C=O) groups is 1. The predicted octanol–water partition coefficient (Wildman–Crippen LogP) is 2.41. The van der Waals surface area contributed by atoms with E-state index in [0.717, 1.165) is 5.56 Å². The van der Waals surface area contributed by atoms with Gasteiger partial charge in [-0.2, -0.15) is 0 Å². The molecular formula is C10H12FNO2. The van der Waals surface area contributed by atoms with Crippen molar-refractivity contribution in [2.75, 3.05) is 0 Å². The molecule has 14 heavy (non-hydrogen) atoms. The van der Waals surface area contributed by atoms with Crippen LogP contribution >= 0.6 is 0 Å². The Morgan fingerprint density at radius 1 is 1.50 bits per heavy atom. The number of rotatable bonds is 2. The molecule has 0 saturated heterocycles. The summed E-state index contributed by atoms with van der Waals surface area (Å²) in [7, 11) is 0. The van der Waals surface area contributed by atoms with E-state index < -0.39 is 11.9 Å². The van der Waals surface area contributed by atoms with Gasteiger partial charge in [0, 0.05) is 0 Å². The highest BCUT2D eigenvalue weighted by Gasteiger charge is 2.09. The molecule has 1 aromatic carbocycles. The van der Waals surface area contributed by atoms with Crippen molar-refractivity contribution < 1.29 is 13.9 Å². The average Bonchev–Trinajstić information content (AvgIpc) is 2.07. The third-order valence-electron chi connectivity index (χ3n) is 1.83. The number of hydrogen-bond acceptors (Lipinski definition) is 2. The van der Waals surface area contributed by atoms with Crippen molar-refractivity contribution in [3.8, 4) is 5.75 Å². The second-order valence-corrected chi connectivity index (χ2v) is 3.27. The standard InChI is InChI=1S/C10H12FNO2/c1-6(2)7-3-4-8(11)9(5-7)14-10(12)13/h3-6H,1-2H3,(H2,12,13). The minimum atomic E-state index is -1.01. The van der Waals surface area contributed by atoms with Gasteiger partial charge < -0.3 is 10.5 Å². The first-order chi connectivity index (χ1) is 6.50. The summed E-state index contributed by atoms with van der Waals surface area (Å²) in [6, 6.07) is 4.38. The maximum Gasteiger partial charge on any atom is 0.410 e. The molecule has 3 nitrogen and oxygen atoms in total. The summed E-state index contributed by atoms with van der Waals surface area (Å²) in [5, 5.41) is 0. The van der Waals surface area contributed by atoms with Crippen molar-refractivity contribution in [3.05, 3.63) is 29.6 Å². The highest BCUT2D eigenvalue weighted by Crippen LogP contribution is 2.23. The smallest absolute Gasteiger partial charge is 0.407 e. The molecule has 0 bridgehead atoms. The van der Waals surface area contributed by atoms with E-state index in [9.17, 15) is 9.18 Å². The van der Waals surface area contributed by atoms with E-state index in [0.29, 0.717) is 0 Å². The van der Waals surface area contributed by atoms with Gasteiger partial charge >= 0.3 is 6.09 Å². The van der Waals surface area contributed by atoms with Crippen LogP contribution in [0.4, 0.5) is 9.18 Å². The first kappa shape index (κ1) is 10.5. The summed E-state index contributed by atoms with van der Waals surface area (Å²) in [6.45, 7) is 3.92. The molecule has 0 unspecified atom stereocenters. The Bertz CT molecular complexity index is 350. The zero-order valence-corrected chi connectivity index (χ0v) is 8.08. The van der Waals surface area contributed by atoms with Crippen LogP contribution in [-0.4, -0.2) is 6.09 Å². The lowest BCUT2D eigenvalue weighted by Gasteiger charge is -2.08. The largest absolute Gasteiger partial charge is 0.410 e. The van der Waals surface area contributed by atoms with Crippen molar-refractivity contribution in [3.63, 3.8) is 0 Å². The maximum absolute atomic E-state index is 13.1. The lowest BCUT2D eigenvalue weighted by atomic mass is 10.0. The summed E-state index contributed by atoms with van der Waals surface area (Å²) < 4.78 is 17.6. The van der Waals surface area contributed by atoms with E-state index in [1.54, 1.807) is 6.07 Å². The van der Waals surface area contributed by atoms with Crippen molar-refractivity contribution in [1.29, 1.82) is 0 Å². The first-order valence-electron chi connectivity index (χ1n) is 4.27. The molecule has 76 valence electrons. The van der Waals surface area contributed by atoms with Crippen LogP contribution < -0.4 is 10.5 Å². The second kappa shape index (κ2) is 4.09. The summed E-state index contributed by atoms with van der Waals surface area (Å²) in [4.78, 5) is 10.4. The fourth-order valence-corrected chi connectivity index (χ4v) is 1.07. The molecule has 1 amide bonds. The third-order valence-corrected chi connectivity index (χ3v) is 1.83. The fraction of sp³-hybridized carbons (Fsp3) is 0.300. The molecule has 0 radical (unpaired) electrons. The van der Waals surface area contributed by atoms with E-state index in [-0.39, 0.29) is 11.7 Å². The van der Waals surface area contributed by atoms with Crippen LogP contribution in [0, 0.1) is 5.82 Å². The van der Waals surface area contributed by atoms with Crippen LogP contribution in [0.3, 0.4) is 0 Å². The maximum atomic E-state index is 13.1. The predicted molar refractivity (Wildman–Crippen MR) is 50.7 cm³/mol. The number of amides is 1. The Balaban J connectivity index is 3.02. The van der Waals surface area contributed by atoms with Gasteiger partial charge in [-0.05, 0) is 23.6 Å². The summed E-state index contributed by atoms with van der Waals surface area (Å²) in [5.41, 5.74) is 5.68. The molecule has 0 saturated carbocycles. The number of carbonyl (C=O) groups excluding carboxylic acids is 1. The molecule has 0 aliphatic carbocycles. The molecule has 0 fully saturated rings. The van der Waals surface area contributed by atoms with E-state index in [1.807, 2.05) is 13.8 Å². The molecule has 0 aliphatic rings. The average molecular weight is 197 g/mol. The Morgan fingerprint density at radius 2 is 2.14 bits per heavy atom. The highest BCUT2D eigenvalue weighted by molar-refractivity contribution is 5.68. The van der Waals surface area contributed by atoms with Gasteiger partial charge in [-0.15, -0.1) is 0 Å². The van der Waals surface area contributed by atoms with Gasteiger partial charge in [0.25, 0.3) is 0 Å². The van der Waals surface area contributed by atoms with Crippen LogP contribution in [-0.2, 0) is 0 Å². The molecule has 0 spiro atoms. The van der Waals surface area contributed by atoms with Crippen LogP contribution in [0.15, 0.2) is 18.2 Å². The van der Waals surface area contributed by atoms with E-state index in [2.05, 4.69) is 4.74 Å². The second-order valence-electron chi connectivity index (χ2n) is 3.27. The first-order valence-corrected chi connectivity index (χ1v) is 4.27. The Kier molecular flexibility index (Phi) is 3.06. The lowest BCUT2D eigenvalue weighted by Crippen LogP contribution is -2.17. The minimum Gasteiger partial charge on any atom is -0.407 e. The van der Waals surface area contributed by atoms with Gasteiger partial charge in [-0.1, -0.05) is 19.9 Å². The summed E-state index contributed by atoms with van der Waals surface area (Å²) >= 11 is 0. The van der Waals surface area contributed by atoms with E-state index in [1.165, 1.54) is 12.1 Å². The van der Waals surface area contributed by atoms with Gasteiger partial charge in [0.2, 0.25) is 0 Å². The molecule has 0 atom stereocenters. The number of benzene rings is 1. The summed E-state index contributed by atoms with van der Waals surface area (Å²) in [5.74, 6) is -0.470. The van der Waals surface area contributed by atoms with Gasteiger partial charge in [0.15, 0.2) is 11.6 Å². The van der Waals surface area contributed by atoms with Crippen molar-refractivity contribution in [1.82, 2.24) is 0 Å². The Morgan fingerprint density at radius 3 is 2.64 bits per heavy atom. The number of primary amides is 1. The lowest BCUT2D eigenvalue weighted by molar-refractivity contribution is 0.208.